The van der Waals surface area contributed by atoms with Crippen molar-refractivity contribution in [3.8, 4) is 0 Å². The van der Waals surface area contributed by atoms with Crippen molar-refractivity contribution in [3.05, 3.63) is 54.1 Å². The highest BCUT2D eigenvalue weighted by molar-refractivity contribution is 7.92. The van der Waals surface area contributed by atoms with Crippen LogP contribution < -0.4 is 14.5 Å². The second kappa shape index (κ2) is 9.51. The molecule has 1 fully saturated rings. The summed E-state index contributed by atoms with van der Waals surface area (Å²) in [5, 5.41) is 2.90. The summed E-state index contributed by atoms with van der Waals surface area (Å²) in [4.78, 5) is 15.4. The molecule has 7 heteroatoms. The molecule has 162 valence electrons. The summed E-state index contributed by atoms with van der Waals surface area (Å²) in [6.45, 7) is 5.83. The maximum absolute atomic E-state index is 13.0. The van der Waals surface area contributed by atoms with Gasteiger partial charge in [-0.1, -0.05) is 19.1 Å². The minimum Gasteiger partial charge on any atom is -0.372 e. The van der Waals surface area contributed by atoms with Crippen LogP contribution in [-0.2, 0) is 14.8 Å². The quantitative estimate of drug-likeness (QED) is 0.717. The van der Waals surface area contributed by atoms with Crippen LogP contribution in [0.3, 0.4) is 0 Å². The molecule has 6 nitrogen and oxygen atoms in total. The summed E-state index contributed by atoms with van der Waals surface area (Å²) in [5.74, 6) is -0.338. The first-order valence-corrected chi connectivity index (χ1v) is 12.4. The summed E-state index contributed by atoms with van der Waals surface area (Å²) >= 11 is 0. The molecule has 1 aliphatic rings. The van der Waals surface area contributed by atoms with Crippen LogP contribution >= 0.6 is 0 Å². The zero-order valence-corrected chi connectivity index (χ0v) is 18.8. The van der Waals surface area contributed by atoms with E-state index in [4.69, 9.17) is 0 Å². The smallest absolute Gasteiger partial charge is 0.248 e. The van der Waals surface area contributed by atoms with E-state index < -0.39 is 16.1 Å². The lowest BCUT2D eigenvalue weighted by atomic mass is 10.1. The zero-order chi connectivity index (χ0) is 21.7. The van der Waals surface area contributed by atoms with Gasteiger partial charge in [-0.25, -0.2) is 8.42 Å². The summed E-state index contributed by atoms with van der Waals surface area (Å²) in [6.07, 6.45) is 5.19. The van der Waals surface area contributed by atoms with E-state index in [-0.39, 0.29) is 5.91 Å². The van der Waals surface area contributed by atoms with Gasteiger partial charge in [0.15, 0.2) is 0 Å². The van der Waals surface area contributed by atoms with Gasteiger partial charge in [-0.3, -0.25) is 9.10 Å². The van der Waals surface area contributed by atoms with Gasteiger partial charge in [-0.05, 0) is 74.6 Å². The number of aryl methyl sites for hydroxylation is 1. The number of amides is 1. The third kappa shape index (κ3) is 5.33. The van der Waals surface area contributed by atoms with Crippen LogP contribution in [-0.4, -0.2) is 39.7 Å². The summed E-state index contributed by atoms with van der Waals surface area (Å²) in [7, 11) is -3.64. The predicted molar refractivity (Wildman–Crippen MR) is 124 cm³/mol. The molecule has 3 rings (SSSR count). The van der Waals surface area contributed by atoms with Crippen molar-refractivity contribution in [1.82, 2.24) is 0 Å². The van der Waals surface area contributed by atoms with Crippen molar-refractivity contribution in [3.63, 3.8) is 0 Å². The van der Waals surface area contributed by atoms with Gasteiger partial charge in [-0.15, -0.1) is 0 Å². The van der Waals surface area contributed by atoms with E-state index in [0.717, 1.165) is 30.6 Å². The van der Waals surface area contributed by atoms with Crippen molar-refractivity contribution in [2.75, 3.05) is 33.9 Å². The Hall–Kier alpha value is -2.54. The minimum absolute atomic E-state index is 0.338. The number of hydrogen-bond acceptors (Lipinski definition) is 4. The first-order valence-electron chi connectivity index (χ1n) is 10.5. The van der Waals surface area contributed by atoms with Gasteiger partial charge in [0.1, 0.15) is 6.04 Å². The highest BCUT2D eigenvalue weighted by Gasteiger charge is 2.31. The van der Waals surface area contributed by atoms with Gasteiger partial charge in [0.05, 0.1) is 11.9 Å². The van der Waals surface area contributed by atoms with Crippen molar-refractivity contribution in [2.45, 2.75) is 45.6 Å². The molecular weight excluding hydrogens is 398 g/mol. The maximum atomic E-state index is 13.0. The third-order valence-corrected chi connectivity index (χ3v) is 6.62. The van der Waals surface area contributed by atoms with E-state index in [2.05, 4.69) is 10.2 Å². The van der Waals surface area contributed by atoms with Crippen molar-refractivity contribution < 1.29 is 13.2 Å². The largest absolute Gasteiger partial charge is 0.372 e. The van der Waals surface area contributed by atoms with Gasteiger partial charge >= 0.3 is 0 Å². The van der Waals surface area contributed by atoms with Gasteiger partial charge in [0.25, 0.3) is 0 Å². The average molecular weight is 430 g/mol. The monoisotopic (exact) mass is 429 g/mol. The number of nitrogens with zero attached hydrogens (tertiary/aromatic N) is 2. The molecule has 0 aromatic heterocycles. The molecule has 30 heavy (non-hydrogen) atoms. The number of nitrogens with one attached hydrogen (secondary N) is 1. The SMILES string of the molecule is CC[C@@H](C(=O)Nc1ccc(N2CCCCC2)cc1)N(c1cccc(C)c1)S(C)(=O)=O. The van der Waals surface area contributed by atoms with Gasteiger partial charge in [-0.2, -0.15) is 0 Å². The van der Waals surface area contributed by atoms with Crippen LogP contribution in [0.15, 0.2) is 48.5 Å². The Bertz CT molecular complexity index is 967. The number of rotatable bonds is 7. The van der Waals surface area contributed by atoms with E-state index in [1.165, 1.54) is 23.6 Å². The molecule has 0 radical (unpaired) electrons. The Kier molecular flexibility index (Phi) is 7.02. The van der Waals surface area contributed by atoms with Crippen LogP contribution in [0, 0.1) is 6.92 Å². The average Bonchev–Trinajstić information content (AvgIpc) is 2.72. The van der Waals surface area contributed by atoms with Crippen LogP contribution in [0.2, 0.25) is 0 Å². The van der Waals surface area contributed by atoms with Gasteiger partial charge in [0.2, 0.25) is 15.9 Å². The molecule has 0 aliphatic carbocycles. The Morgan fingerprint density at radius 2 is 1.77 bits per heavy atom. The number of carbonyl (C=O) groups is 1. The molecule has 1 aliphatic heterocycles. The van der Waals surface area contributed by atoms with Crippen LogP contribution in [0.4, 0.5) is 17.1 Å². The molecule has 1 heterocycles. The van der Waals surface area contributed by atoms with E-state index in [0.29, 0.717) is 17.8 Å². The fourth-order valence-corrected chi connectivity index (χ4v) is 5.16. The van der Waals surface area contributed by atoms with Gasteiger partial charge < -0.3 is 10.2 Å². The summed E-state index contributed by atoms with van der Waals surface area (Å²) < 4.78 is 26.3. The summed E-state index contributed by atoms with van der Waals surface area (Å²) in [6, 6.07) is 14.2. The predicted octanol–water partition coefficient (Wildman–Crippen LogP) is 4.17. The molecule has 0 spiro atoms. The van der Waals surface area contributed by atoms with Crippen molar-refractivity contribution in [2.24, 2.45) is 0 Å². The molecule has 0 bridgehead atoms. The number of carbonyl (C=O) groups excluding carboxylic acids is 1. The molecule has 0 saturated carbocycles. The van der Waals surface area contributed by atoms with Gasteiger partial charge in [0, 0.05) is 24.5 Å². The molecule has 2 aromatic rings. The fourth-order valence-electron chi connectivity index (χ4n) is 3.96. The topological polar surface area (TPSA) is 69.7 Å². The van der Waals surface area contributed by atoms with Crippen molar-refractivity contribution >= 4 is 33.0 Å². The van der Waals surface area contributed by atoms with Crippen LogP contribution in [0.25, 0.3) is 0 Å². The standard InChI is InChI=1S/C23H31N3O3S/c1-4-22(26(30(3,28)29)21-10-8-9-18(2)17-21)23(27)24-19-11-13-20(14-12-19)25-15-6-5-7-16-25/h8-14,17,22H,4-7,15-16H2,1-3H3,(H,24,27)/t22-/m0/s1. The van der Waals surface area contributed by atoms with Crippen molar-refractivity contribution in [1.29, 1.82) is 0 Å². The Labute approximate surface area is 179 Å². The molecule has 1 atom stereocenters. The lowest BCUT2D eigenvalue weighted by molar-refractivity contribution is -0.117. The van der Waals surface area contributed by atoms with Crippen LogP contribution in [0.1, 0.15) is 38.2 Å². The molecule has 1 amide bonds. The lowest BCUT2D eigenvalue weighted by Gasteiger charge is -2.30. The highest BCUT2D eigenvalue weighted by atomic mass is 32.2. The van der Waals surface area contributed by atoms with E-state index in [1.54, 1.807) is 18.2 Å². The Balaban J connectivity index is 1.79. The third-order valence-electron chi connectivity index (χ3n) is 5.44. The molecule has 2 aromatic carbocycles. The molecular formula is C23H31N3O3S. The van der Waals surface area contributed by atoms with E-state index in [1.807, 2.05) is 44.2 Å². The number of sulfonamides is 1. The minimum atomic E-state index is -3.64. The van der Waals surface area contributed by atoms with E-state index >= 15 is 0 Å². The highest BCUT2D eigenvalue weighted by Crippen LogP contribution is 2.25. The molecule has 1 N–H and O–H groups in total. The number of anilines is 3. The fraction of sp³-hybridized carbons (Fsp3) is 0.435. The summed E-state index contributed by atoms with van der Waals surface area (Å²) in [5.41, 5.74) is 3.25. The number of hydrogen-bond donors (Lipinski definition) is 1. The molecule has 0 unspecified atom stereocenters. The second-order valence-corrected chi connectivity index (χ2v) is 9.77. The Morgan fingerprint density at radius 3 is 2.33 bits per heavy atom. The number of piperidine rings is 1. The number of benzene rings is 2. The normalized spacial score (nSPS) is 15.5. The zero-order valence-electron chi connectivity index (χ0n) is 18.0. The van der Waals surface area contributed by atoms with E-state index in [9.17, 15) is 13.2 Å². The first-order chi connectivity index (χ1) is 14.3. The maximum Gasteiger partial charge on any atom is 0.248 e. The Morgan fingerprint density at radius 1 is 1.10 bits per heavy atom. The molecule has 1 saturated heterocycles. The van der Waals surface area contributed by atoms with Crippen LogP contribution in [0.5, 0.6) is 0 Å². The lowest BCUT2D eigenvalue weighted by Crippen LogP contribution is -2.47. The second-order valence-electron chi connectivity index (χ2n) is 7.91. The first kappa shape index (κ1) is 22.2.